The second-order valence-electron chi connectivity index (χ2n) is 6.06. The van der Waals surface area contributed by atoms with E-state index in [0.717, 1.165) is 32.7 Å². The molecular formula is C19H17BrN4O2S. The number of aryl methyl sites for hydroxylation is 1. The van der Waals surface area contributed by atoms with Gasteiger partial charge in [-0.15, -0.1) is 10.2 Å². The highest BCUT2D eigenvalue weighted by Crippen LogP contribution is 2.30. The second-order valence-corrected chi connectivity index (χ2v) is 7.78. The summed E-state index contributed by atoms with van der Waals surface area (Å²) in [6.45, 7) is 4.42. The lowest BCUT2D eigenvalue weighted by Gasteiger charge is -2.05. The molecule has 0 aliphatic rings. The van der Waals surface area contributed by atoms with Gasteiger partial charge >= 0.3 is 0 Å². The van der Waals surface area contributed by atoms with Gasteiger partial charge in [0.05, 0.1) is 28.4 Å². The minimum Gasteiger partial charge on any atom is -0.472 e. The van der Waals surface area contributed by atoms with Crippen molar-refractivity contribution in [1.82, 2.24) is 20.0 Å². The summed E-state index contributed by atoms with van der Waals surface area (Å²) in [6.07, 6.45) is 3.43. The van der Waals surface area contributed by atoms with Crippen molar-refractivity contribution in [2.75, 3.05) is 0 Å². The second kappa shape index (κ2) is 7.74. The minimum absolute atomic E-state index is 0.456. The van der Waals surface area contributed by atoms with Gasteiger partial charge in [-0.1, -0.05) is 36.0 Å². The zero-order chi connectivity index (χ0) is 18.8. The molecule has 0 saturated carbocycles. The van der Waals surface area contributed by atoms with Crippen molar-refractivity contribution >= 4 is 27.7 Å². The minimum atomic E-state index is 0.456. The molecule has 8 heteroatoms. The molecule has 1 aromatic carbocycles. The summed E-state index contributed by atoms with van der Waals surface area (Å²) in [7, 11) is 0. The lowest BCUT2D eigenvalue weighted by molar-refractivity contribution is 0.396. The lowest BCUT2D eigenvalue weighted by Crippen LogP contribution is -2.04. The third-order valence-electron chi connectivity index (χ3n) is 4.23. The quantitative estimate of drug-likeness (QED) is 0.378. The number of benzene rings is 1. The van der Waals surface area contributed by atoms with Crippen LogP contribution in [0.5, 0.6) is 0 Å². The fourth-order valence-electron chi connectivity index (χ4n) is 2.80. The van der Waals surface area contributed by atoms with Crippen LogP contribution in [0.15, 0.2) is 61.4 Å². The lowest BCUT2D eigenvalue weighted by atomic mass is 10.0. The number of aromatic nitrogens is 4. The maximum absolute atomic E-state index is 5.79. The van der Waals surface area contributed by atoms with Crippen LogP contribution in [0.2, 0.25) is 0 Å². The predicted octanol–water partition coefficient (Wildman–Crippen LogP) is 5.25. The Morgan fingerprint density at radius 1 is 1.15 bits per heavy atom. The van der Waals surface area contributed by atoms with Crippen LogP contribution in [-0.2, 0) is 12.3 Å². The highest BCUT2D eigenvalue weighted by molar-refractivity contribution is 9.10. The van der Waals surface area contributed by atoms with E-state index in [1.165, 1.54) is 17.3 Å². The van der Waals surface area contributed by atoms with Gasteiger partial charge in [-0.3, -0.25) is 4.68 Å². The molecule has 4 aromatic rings. The van der Waals surface area contributed by atoms with Gasteiger partial charge in [-0.05, 0) is 47.0 Å². The highest BCUT2D eigenvalue weighted by atomic mass is 79.9. The average molecular weight is 445 g/mol. The first kappa shape index (κ1) is 18.1. The van der Waals surface area contributed by atoms with E-state index < -0.39 is 0 Å². The van der Waals surface area contributed by atoms with E-state index >= 15 is 0 Å². The van der Waals surface area contributed by atoms with E-state index in [1.54, 1.807) is 12.5 Å². The van der Waals surface area contributed by atoms with E-state index in [-0.39, 0.29) is 0 Å². The molecule has 4 rings (SSSR count). The van der Waals surface area contributed by atoms with E-state index in [4.69, 9.17) is 8.83 Å². The Hall–Kier alpha value is -2.32. The third-order valence-corrected chi connectivity index (χ3v) is 6.24. The Morgan fingerprint density at radius 3 is 2.74 bits per heavy atom. The molecule has 3 aromatic heterocycles. The van der Waals surface area contributed by atoms with Crippen LogP contribution in [0.1, 0.15) is 22.8 Å². The number of furan rings is 1. The van der Waals surface area contributed by atoms with Crippen molar-refractivity contribution in [3.63, 3.8) is 0 Å². The van der Waals surface area contributed by atoms with Gasteiger partial charge in [-0.25, -0.2) is 0 Å². The van der Waals surface area contributed by atoms with Crippen LogP contribution in [0.3, 0.4) is 0 Å². The zero-order valence-electron chi connectivity index (χ0n) is 14.8. The zero-order valence-corrected chi connectivity index (χ0v) is 17.2. The summed E-state index contributed by atoms with van der Waals surface area (Å²) in [5.74, 6) is 1.27. The van der Waals surface area contributed by atoms with Crippen molar-refractivity contribution in [1.29, 1.82) is 0 Å². The molecule has 0 aliphatic carbocycles. The number of rotatable bonds is 6. The number of hydrogen-bond acceptors (Lipinski definition) is 6. The number of halogens is 1. The summed E-state index contributed by atoms with van der Waals surface area (Å²) in [4.78, 5) is 0. The van der Waals surface area contributed by atoms with Crippen LogP contribution in [0.25, 0.3) is 11.1 Å². The number of thioether (sulfide) groups is 1. The maximum Gasteiger partial charge on any atom is 0.276 e. The Labute approximate surface area is 169 Å². The van der Waals surface area contributed by atoms with Gasteiger partial charge in [0.25, 0.3) is 5.22 Å². The first-order chi connectivity index (χ1) is 13.1. The van der Waals surface area contributed by atoms with Gasteiger partial charge < -0.3 is 8.83 Å². The predicted molar refractivity (Wildman–Crippen MR) is 107 cm³/mol. The van der Waals surface area contributed by atoms with Crippen LogP contribution >= 0.6 is 27.7 Å². The van der Waals surface area contributed by atoms with Crippen LogP contribution in [-0.4, -0.2) is 20.0 Å². The average Bonchev–Trinajstić information content (AvgIpc) is 3.40. The van der Waals surface area contributed by atoms with Crippen LogP contribution in [0, 0.1) is 13.8 Å². The highest BCUT2D eigenvalue weighted by Gasteiger charge is 2.14. The Bertz CT molecular complexity index is 1060. The molecule has 0 bridgehead atoms. The Kier molecular flexibility index (Phi) is 5.18. The van der Waals surface area contributed by atoms with Gasteiger partial charge in [0.1, 0.15) is 6.54 Å². The largest absolute Gasteiger partial charge is 0.472 e. The summed E-state index contributed by atoms with van der Waals surface area (Å²) >= 11 is 5.05. The molecule has 0 atom stereocenters. The fraction of sp³-hybridized carbons (Fsp3) is 0.211. The molecule has 0 saturated heterocycles. The molecular weight excluding hydrogens is 428 g/mol. The molecule has 0 N–H and O–H groups in total. The van der Waals surface area contributed by atoms with E-state index in [2.05, 4.69) is 43.4 Å². The molecule has 27 heavy (non-hydrogen) atoms. The third kappa shape index (κ3) is 3.86. The normalized spacial score (nSPS) is 11.2. The van der Waals surface area contributed by atoms with E-state index in [9.17, 15) is 0 Å². The van der Waals surface area contributed by atoms with E-state index in [0.29, 0.717) is 17.7 Å². The van der Waals surface area contributed by atoms with Crippen molar-refractivity contribution in [2.45, 2.75) is 31.4 Å². The maximum atomic E-state index is 5.79. The fourth-order valence-corrected chi connectivity index (χ4v) is 3.87. The molecule has 0 fully saturated rings. The SMILES string of the molecule is Cc1nn(Cc2nnc(SCc3ccccc3-c3ccoc3)o2)c(C)c1Br. The first-order valence-corrected chi connectivity index (χ1v) is 10.1. The number of hydrogen-bond donors (Lipinski definition) is 0. The van der Waals surface area contributed by atoms with Gasteiger partial charge in [-0.2, -0.15) is 5.10 Å². The number of nitrogens with zero attached hydrogens (tertiary/aromatic N) is 4. The van der Waals surface area contributed by atoms with Crippen molar-refractivity contribution in [3.8, 4) is 11.1 Å². The Morgan fingerprint density at radius 2 is 2.00 bits per heavy atom. The molecule has 0 aliphatic heterocycles. The van der Waals surface area contributed by atoms with Crippen LogP contribution < -0.4 is 0 Å². The molecule has 6 nitrogen and oxygen atoms in total. The molecule has 3 heterocycles. The van der Waals surface area contributed by atoms with Crippen LogP contribution in [0.4, 0.5) is 0 Å². The summed E-state index contributed by atoms with van der Waals surface area (Å²) in [6, 6.07) is 10.2. The topological polar surface area (TPSA) is 69.9 Å². The molecule has 138 valence electrons. The van der Waals surface area contributed by atoms with E-state index in [1.807, 2.05) is 36.7 Å². The smallest absolute Gasteiger partial charge is 0.276 e. The summed E-state index contributed by atoms with van der Waals surface area (Å²) < 4.78 is 13.9. The summed E-state index contributed by atoms with van der Waals surface area (Å²) in [5, 5.41) is 13.3. The monoisotopic (exact) mass is 444 g/mol. The van der Waals surface area contributed by atoms with Crippen molar-refractivity contribution in [3.05, 3.63) is 70.2 Å². The van der Waals surface area contributed by atoms with Gasteiger partial charge in [0.15, 0.2) is 0 Å². The molecule has 0 amide bonds. The molecule has 0 unspecified atom stereocenters. The standard InChI is InChI=1S/C19H17BrN4O2S/c1-12-18(20)13(2)24(23-12)9-17-21-22-19(26-17)27-11-15-5-3-4-6-16(15)14-7-8-25-10-14/h3-8,10H,9,11H2,1-2H3. The summed E-state index contributed by atoms with van der Waals surface area (Å²) in [5.41, 5.74) is 5.37. The van der Waals surface area contributed by atoms with Gasteiger partial charge in [0, 0.05) is 11.3 Å². The van der Waals surface area contributed by atoms with Crippen molar-refractivity contribution in [2.24, 2.45) is 0 Å². The first-order valence-electron chi connectivity index (χ1n) is 8.37. The molecule has 0 spiro atoms. The van der Waals surface area contributed by atoms with Crippen molar-refractivity contribution < 1.29 is 8.83 Å². The van der Waals surface area contributed by atoms with Gasteiger partial charge in [0.2, 0.25) is 5.89 Å². The molecule has 0 radical (unpaired) electrons. The Balaban J connectivity index is 1.46.